The average molecular weight is 346 g/mol. The van der Waals surface area contributed by atoms with Crippen molar-refractivity contribution in [2.75, 3.05) is 0 Å². The number of hydrogen-bond acceptors (Lipinski definition) is 3. The van der Waals surface area contributed by atoms with Crippen molar-refractivity contribution in [3.8, 4) is 0 Å². The number of nitrogens with one attached hydrogen (secondary N) is 2. The molecule has 1 aromatic heterocycles. The van der Waals surface area contributed by atoms with Gasteiger partial charge in [-0.15, -0.1) is 11.3 Å². The van der Waals surface area contributed by atoms with E-state index in [9.17, 15) is 9.59 Å². The van der Waals surface area contributed by atoms with Crippen LogP contribution in [0, 0.1) is 17.8 Å². The fraction of sp³-hybridized carbons (Fsp3) is 0.684. The first-order valence-corrected chi connectivity index (χ1v) is 10.2. The van der Waals surface area contributed by atoms with Crippen molar-refractivity contribution in [1.82, 2.24) is 10.9 Å². The van der Waals surface area contributed by atoms with Crippen molar-refractivity contribution >= 4 is 23.2 Å². The van der Waals surface area contributed by atoms with Crippen molar-refractivity contribution in [2.45, 2.75) is 64.2 Å². The summed E-state index contributed by atoms with van der Waals surface area (Å²) in [7, 11) is 0. The van der Waals surface area contributed by atoms with Crippen LogP contribution in [0.4, 0.5) is 0 Å². The summed E-state index contributed by atoms with van der Waals surface area (Å²) in [5.41, 5.74) is 6.57. The highest BCUT2D eigenvalue weighted by atomic mass is 32.1. The number of rotatable bonds is 3. The Hall–Kier alpha value is -1.36. The molecule has 3 atom stereocenters. The number of amides is 2. The monoisotopic (exact) mass is 346 g/mol. The molecular formula is C19H26N2O2S. The van der Waals surface area contributed by atoms with Crippen molar-refractivity contribution < 1.29 is 9.59 Å². The summed E-state index contributed by atoms with van der Waals surface area (Å²) in [5.74, 6) is 1.90. The number of fused-ring (bicyclic) bond motifs is 3. The van der Waals surface area contributed by atoms with Crippen LogP contribution in [-0.2, 0) is 17.6 Å². The third-order valence-corrected chi connectivity index (χ3v) is 7.35. The minimum Gasteiger partial charge on any atom is -0.273 e. The van der Waals surface area contributed by atoms with Gasteiger partial charge in [-0.3, -0.25) is 20.4 Å². The summed E-state index contributed by atoms with van der Waals surface area (Å²) in [5, 5.41) is 0. The zero-order valence-corrected chi connectivity index (χ0v) is 14.9. The maximum absolute atomic E-state index is 12.3. The van der Waals surface area contributed by atoms with E-state index >= 15 is 0 Å². The third kappa shape index (κ3) is 3.37. The van der Waals surface area contributed by atoms with Gasteiger partial charge in [0.15, 0.2) is 0 Å². The summed E-state index contributed by atoms with van der Waals surface area (Å²) >= 11 is 1.59. The molecule has 4 rings (SSSR count). The molecule has 4 nitrogen and oxygen atoms in total. The van der Waals surface area contributed by atoms with Gasteiger partial charge in [0, 0.05) is 11.3 Å². The van der Waals surface area contributed by atoms with Crippen LogP contribution in [0.3, 0.4) is 0 Å². The van der Waals surface area contributed by atoms with Crippen LogP contribution >= 0.6 is 11.3 Å². The van der Waals surface area contributed by atoms with Crippen LogP contribution < -0.4 is 10.9 Å². The molecule has 2 fully saturated rings. The van der Waals surface area contributed by atoms with Gasteiger partial charge < -0.3 is 0 Å². The lowest BCUT2D eigenvalue weighted by Gasteiger charge is -2.20. The molecule has 2 bridgehead atoms. The zero-order valence-electron chi connectivity index (χ0n) is 14.1. The lowest BCUT2D eigenvalue weighted by atomic mass is 9.86. The van der Waals surface area contributed by atoms with Crippen molar-refractivity contribution in [1.29, 1.82) is 0 Å². The first kappa shape index (κ1) is 16.1. The topological polar surface area (TPSA) is 58.2 Å². The van der Waals surface area contributed by atoms with Gasteiger partial charge in [-0.25, -0.2) is 0 Å². The van der Waals surface area contributed by atoms with E-state index in [0.717, 1.165) is 29.6 Å². The highest BCUT2D eigenvalue weighted by molar-refractivity contribution is 7.14. The Morgan fingerprint density at radius 1 is 1.08 bits per heavy atom. The molecule has 2 N–H and O–H groups in total. The largest absolute Gasteiger partial charge is 0.279 e. The van der Waals surface area contributed by atoms with Gasteiger partial charge in [0.25, 0.3) is 5.91 Å². The van der Waals surface area contributed by atoms with Crippen LogP contribution in [-0.4, -0.2) is 11.8 Å². The molecule has 0 radical (unpaired) electrons. The Bertz CT molecular complexity index is 616. The predicted molar refractivity (Wildman–Crippen MR) is 94.7 cm³/mol. The molecule has 2 saturated carbocycles. The molecule has 130 valence electrons. The molecule has 1 heterocycles. The molecule has 24 heavy (non-hydrogen) atoms. The van der Waals surface area contributed by atoms with Gasteiger partial charge in [-0.1, -0.05) is 12.8 Å². The molecule has 5 heteroatoms. The predicted octanol–water partition coefficient (Wildman–Crippen LogP) is 3.60. The molecule has 0 saturated heterocycles. The van der Waals surface area contributed by atoms with Crippen LogP contribution in [0.5, 0.6) is 0 Å². The van der Waals surface area contributed by atoms with E-state index in [4.69, 9.17) is 0 Å². The minimum absolute atomic E-state index is 0.0426. The lowest BCUT2D eigenvalue weighted by Crippen LogP contribution is -2.42. The Morgan fingerprint density at radius 2 is 1.96 bits per heavy atom. The average Bonchev–Trinajstić information content (AvgIpc) is 3.25. The van der Waals surface area contributed by atoms with E-state index in [2.05, 4.69) is 10.9 Å². The fourth-order valence-electron chi connectivity index (χ4n) is 4.88. The lowest BCUT2D eigenvalue weighted by molar-refractivity contribution is -0.123. The molecule has 3 aliphatic carbocycles. The van der Waals surface area contributed by atoms with Crippen molar-refractivity contribution in [3.05, 3.63) is 21.4 Å². The first-order chi connectivity index (χ1) is 11.7. The van der Waals surface area contributed by atoms with Gasteiger partial charge in [0.1, 0.15) is 0 Å². The number of aryl methyl sites for hydroxylation is 2. The molecule has 0 aliphatic heterocycles. The zero-order chi connectivity index (χ0) is 16.5. The first-order valence-electron chi connectivity index (χ1n) is 9.40. The number of carbonyl (C=O) groups is 2. The van der Waals surface area contributed by atoms with Crippen LogP contribution in [0.25, 0.3) is 0 Å². The Balaban J connectivity index is 1.28. The summed E-state index contributed by atoms with van der Waals surface area (Å²) in [6.07, 6.45) is 11.6. The highest BCUT2D eigenvalue weighted by Gasteiger charge is 2.40. The van der Waals surface area contributed by atoms with Crippen LogP contribution in [0.15, 0.2) is 6.07 Å². The van der Waals surface area contributed by atoms with Crippen LogP contribution in [0.1, 0.15) is 71.5 Å². The quantitative estimate of drug-likeness (QED) is 0.649. The SMILES string of the molecule is O=C(C[C@H]1C[C@@H]2CC[C@@H]1C2)NNC(=O)c1cc2c(s1)CCCCC2. The molecule has 2 amide bonds. The highest BCUT2D eigenvalue weighted by Crippen LogP contribution is 2.49. The third-order valence-electron chi connectivity index (χ3n) is 6.12. The number of hydrogen-bond donors (Lipinski definition) is 2. The molecule has 3 aliphatic rings. The second-order valence-electron chi connectivity index (χ2n) is 7.76. The molecular weight excluding hydrogens is 320 g/mol. The Morgan fingerprint density at radius 3 is 2.75 bits per heavy atom. The standard InChI is InChI=1S/C19H26N2O2S/c22-18(11-15-9-12-6-7-13(15)8-12)20-21-19(23)17-10-14-4-2-1-3-5-16(14)24-17/h10,12-13,15H,1-9,11H2,(H,20,22)(H,21,23)/t12-,13-,15-/m1/s1. The molecule has 1 aromatic rings. The Kier molecular flexibility index (Phi) is 4.61. The van der Waals surface area contributed by atoms with E-state index in [-0.39, 0.29) is 11.8 Å². The Labute approximate surface area is 147 Å². The van der Waals surface area contributed by atoms with E-state index in [0.29, 0.717) is 12.3 Å². The summed E-state index contributed by atoms with van der Waals surface area (Å²) in [6.45, 7) is 0. The second kappa shape index (κ2) is 6.87. The summed E-state index contributed by atoms with van der Waals surface area (Å²) in [4.78, 5) is 26.5. The molecule has 0 aromatic carbocycles. The van der Waals surface area contributed by atoms with E-state index in [1.807, 2.05) is 6.07 Å². The van der Waals surface area contributed by atoms with Crippen molar-refractivity contribution in [3.63, 3.8) is 0 Å². The number of thiophene rings is 1. The smallest absolute Gasteiger partial charge is 0.273 e. The van der Waals surface area contributed by atoms with Gasteiger partial charge in [-0.05, 0) is 74.3 Å². The molecule has 0 unspecified atom stereocenters. The summed E-state index contributed by atoms with van der Waals surface area (Å²) in [6, 6.07) is 2.02. The van der Waals surface area contributed by atoms with E-state index in [1.54, 1.807) is 11.3 Å². The van der Waals surface area contributed by atoms with Crippen molar-refractivity contribution in [2.24, 2.45) is 17.8 Å². The number of hydrazine groups is 1. The maximum Gasteiger partial charge on any atom is 0.279 e. The minimum atomic E-state index is -0.172. The second-order valence-corrected chi connectivity index (χ2v) is 8.90. The summed E-state index contributed by atoms with van der Waals surface area (Å²) < 4.78 is 0. The van der Waals surface area contributed by atoms with Gasteiger partial charge in [0.05, 0.1) is 4.88 Å². The van der Waals surface area contributed by atoms with Gasteiger partial charge >= 0.3 is 0 Å². The van der Waals surface area contributed by atoms with Gasteiger partial charge in [-0.2, -0.15) is 0 Å². The normalized spacial score (nSPS) is 28.2. The number of carbonyl (C=O) groups excluding carboxylic acids is 2. The van der Waals surface area contributed by atoms with E-state index < -0.39 is 0 Å². The maximum atomic E-state index is 12.3. The van der Waals surface area contributed by atoms with E-state index in [1.165, 1.54) is 55.4 Å². The molecule has 0 spiro atoms. The fourth-order valence-corrected chi connectivity index (χ4v) is 6.03. The van der Waals surface area contributed by atoms with Gasteiger partial charge in [0.2, 0.25) is 5.91 Å². The van der Waals surface area contributed by atoms with Crippen LogP contribution in [0.2, 0.25) is 0 Å².